The minimum absolute atomic E-state index is 0.00146. The summed E-state index contributed by atoms with van der Waals surface area (Å²) in [6.07, 6.45) is 2.16. The number of benzene rings is 1. The van der Waals surface area contributed by atoms with E-state index >= 15 is 0 Å². The molecule has 1 atom stereocenters. The fourth-order valence-corrected chi connectivity index (χ4v) is 3.83. The highest BCUT2D eigenvalue weighted by atomic mass is 32.2. The Kier molecular flexibility index (Phi) is 4.86. The molecule has 0 spiro atoms. The Morgan fingerprint density at radius 2 is 2.19 bits per heavy atom. The summed E-state index contributed by atoms with van der Waals surface area (Å²) < 4.78 is 14.4. The molecular weight excluding hydrogens is 355 g/mol. The summed E-state index contributed by atoms with van der Waals surface area (Å²) in [5, 5.41) is 3.07. The Balaban J connectivity index is 1.93. The summed E-state index contributed by atoms with van der Waals surface area (Å²) in [7, 11) is 0. The molecule has 1 aliphatic heterocycles. The van der Waals surface area contributed by atoms with Crippen LogP contribution in [0.4, 0.5) is 10.1 Å². The van der Waals surface area contributed by atoms with Gasteiger partial charge in [0.25, 0.3) is 11.5 Å². The maximum atomic E-state index is 14.4. The number of halogens is 1. The second kappa shape index (κ2) is 6.95. The summed E-state index contributed by atoms with van der Waals surface area (Å²) in [5.74, 6) is -0.234. The highest BCUT2D eigenvalue weighted by molar-refractivity contribution is 8.13. The molecule has 0 aliphatic carbocycles. The molecule has 1 aliphatic rings. The first-order chi connectivity index (χ1) is 12.3. The molecule has 1 aromatic heterocycles. The maximum absolute atomic E-state index is 14.4. The molecule has 6 nitrogen and oxygen atoms in total. The SMILES string of the molecule is Cc1c[nH]c(=O)c(C(=O)Nc2ccc(F)c(C3(C)CCSC(N)=N3)c2)c1. The van der Waals surface area contributed by atoms with E-state index in [2.05, 4.69) is 15.3 Å². The predicted molar refractivity (Wildman–Crippen MR) is 102 cm³/mol. The van der Waals surface area contributed by atoms with Crippen LogP contribution in [0.25, 0.3) is 0 Å². The van der Waals surface area contributed by atoms with Gasteiger partial charge in [0.1, 0.15) is 11.4 Å². The molecule has 2 heterocycles. The molecule has 0 radical (unpaired) electrons. The molecule has 0 fully saturated rings. The lowest BCUT2D eigenvalue weighted by atomic mass is 9.89. The number of nitrogens with one attached hydrogen (secondary N) is 2. The average Bonchev–Trinajstić information content (AvgIpc) is 2.58. The molecule has 0 bridgehead atoms. The molecule has 2 aromatic rings. The number of nitrogens with two attached hydrogens (primary N) is 1. The van der Waals surface area contributed by atoms with E-state index in [4.69, 9.17) is 5.73 Å². The number of aryl methyl sites for hydroxylation is 1. The van der Waals surface area contributed by atoms with E-state index in [1.165, 1.54) is 36.2 Å². The number of thioether (sulfide) groups is 1. The van der Waals surface area contributed by atoms with Crippen molar-refractivity contribution in [1.29, 1.82) is 0 Å². The molecule has 3 rings (SSSR count). The van der Waals surface area contributed by atoms with Crippen LogP contribution in [-0.4, -0.2) is 21.8 Å². The predicted octanol–water partition coefficient (Wildman–Crippen LogP) is 2.74. The number of carbonyl (C=O) groups excluding carboxylic acids is 1. The number of anilines is 1. The molecule has 4 N–H and O–H groups in total. The number of aliphatic imine (C=N–C) groups is 1. The standard InChI is InChI=1S/C18H19FN4O2S/c1-10-7-12(15(24)21-9-10)16(25)22-11-3-4-14(19)13(8-11)18(2)5-6-26-17(20)23-18/h3-4,7-9H,5-6H2,1-2H3,(H2,20,23)(H,21,24)(H,22,25). The second-order valence-corrected chi connectivity index (χ2v) is 7.51. The number of pyridine rings is 1. The van der Waals surface area contributed by atoms with Gasteiger partial charge in [-0.1, -0.05) is 11.8 Å². The van der Waals surface area contributed by atoms with Crippen molar-refractivity contribution in [3.63, 3.8) is 0 Å². The molecule has 0 saturated heterocycles. The van der Waals surface area contributed by atoms with Crippen molar-refractivity contribution >= 4 is 28.5 Å². The van der Waals surface area contributed by atoms with Gasteiger partial charge in [-0.15, -0.1) is 0 Å². The first kappa shape index (κ1) is 18.2. The van der Waals surface area contributed by atoms with Gasteiger partial charge in [0.05, 0.1) is 5.54 Å². The zero-order valence-electron chi connectivity index (χ0n) is 14.4. The third-order valence-electron chi connectivity index (χ3n) is 4.29. The number of aromatic nitrogens is 1. The van der Waals surface area contributed by atoms with Gasteiger partial charge in [-0.25, -0.2) is 4.39 Å². The van der Waals surface area contributed by atoms with E-state index in [1.807, 2.05) is 6.92 Å². The number of aromatic amines is 1. The highest BCUT2D eigenvalue weighted by Gasteiger charge is 2.32. The molecule has 1 unspecified atom stereocenters. The number of amides is 1. The number of H-pyrrole nitrogens is 1. The van der Waals surface area contributed by atoms with Crippen molar-refractivity contribution in [2.24, 2.45) is 10.7 Å². The number of hydrogen-bond acceptors (Lipinski definition) is 5. The van der Waals surface area contributed by atoms with Crippen LogP contribution in [0.1, 0.15) is 34.8 Å². The van der Waals surface area contributed by atoms with E-state index in [1.54, 1.807) is 13.0 Å². The normalized spacial score (nSPS) is 19.7. The first-order valence-corrected chi connectivity index (χ1v) is 9.06. The van der Waals surface area contributed by atoms with E-state index < -0.39 is 22.8 Å². The highest BCUT2D eigenvalue weighted by Crippen LogP contribution is 2.37. The van der Waals surface area contributed by atoms with E-state index in [0.717, 1.165) is 11.3 Å². The lowest BCUT2D eigenvalue weighted by Gasteiger charge is -2.30. The van der Waals surface area contributed by atoms with Crippen LogP contribution in [0, 0.1) is 12.7 Å². The van der Waals surface area contributed by atoms with E-state index in [0.29, 0.717) is 22.8 Å². The minimum Gasteiger partial charge on any atom is -0.379 e. The lowest BCUT2D eigenvalue weighted by molar-refractivity contribution is 0.102. The quantitative estimate of drug-likeness (QED) is 0.769. The number of amidine groups is 1. The molecule has 136 valence electrons. The van der Waals surface area contributed by atoms with Gasteiger partial charge in [0, 0.05) is 23.2 Å². The van der Waals surface area contributed by atoms with Crippen LogP contribution in [-0.2, 0) is 5.54 Å². The van der Waals surface area contributed by atoms with E-state index in [9.17, 15) is 14.0 Å². The third kappa shape index (κ3) is 3.65. The van der Waals surface area contributed by atoms with Crippen LogP contribution in [0.5, 0.6) is 0 Å². The Labute approximate surface area is 154 Å². The average molecular weight is 374 g/mol. The van der Waals surface area contributed by atoms with Crippen LogP contribution < -0.4 is 16.6 Å². The molecule has 8 heteroatoms. The van der Waals surface area contributed by atoms with Gasteiger partial charge >= 0.3 is 0 Å². The van der Waals surface area contributed by atoms with Gasteiger partial charge in [-0.3, -0.25) is 14.6 Å². The summed E-state index contributed by atoms with van der Waals surface area (Å²) in [6.45, 7) is 3.59. The van der Waals surface area contributed by atoms with Crippen molar-refractivity contribution in [3.05, 3.63) is 63.3 Å². The minimum atomic E-state index is -0.791. The summed E-state index contributed by atoms with van der Waals surface area (Å²) in [6, 6.07) is 5.78. The third-order valence-corrected chi connectivity index (χ3v) is 5.09. The fraction of sp³-hybridized carbons (Fsp3) is 0.278. The van der Waals surface area contributed by atoms with E-state index in [-0.39, 0.29) is 5.56 Å². The molecular formula is C18H19FN4O2S. The second-order valence-electron chi connectivity index (χ2n) is 6.39. The number of nitrogens with zero attached hydrogens (tertiary/aromatic N) is 1. The van der Waals surface area contributed by atoms with Crippen molar-refractivity contribution in [1.82, 2.24) is 4.98 Å². The van der Waals surface area contributed by atoms with Gasteiger partial charge in [-0.05, 0) is 50.1 Å². The first-order valence-electron chi connectivity index (χ1n) is 8.07. The van der Waals surface area contributed by atoms with Gasteiger partial charge in [0.2, 0.25) is 0 Å². The Hall–Kier alpha value is -2.61. The largest absolute Gasteiger partial charge is 0.379 e. The smallest absolute Gasteiger partial charge is 0.261 e. The maximum Gasteiger partial charge on any atom is 0.261 e. The number of rotatable bonds is 3. The van der Waals surface area contributed by atoms with Crippen LogP contribution in [0.3, 0.4) is 0 Å². The number of carbonyl (C=O) groups is 1. The summed E-state index contributed by atoms with van der Waals surface area (Å²) >= 11 is 1.43. The topological polar surface area (TPSA) is 100 Å². The summed E-state index contributed by atoms with van der Waals surface area (Å²) in [4.78, 5) is 31.2. The van der Waals surface area contributed by atoms with Crippen LogP contribution in [0.15, 0.2) is 40.2 Å². The van der Waals surface area contributed by atoms with Crippen molar-refractivity contribution < 1.29 is 9.18 Å². The monoisotopic (exact) mass is 374 g/mol. The Morgan fingerprint density at radius 1 is 1.42 bits per heavy atom. The summed E-state index contributed by atoms with van der Waals surface area (Å²) in [5.41, 5.74) is 6.03. The molecule has 1 aromatic carbocycles. The molecule has 0 saturated carbocycles. The van der Waals surface area contributed by atoms with Crippen LogP contribution in [0.2, 0.25) is 0 Å². The van der Waals surface area contributed by atoms with Gasteiger partial charge in [0.15, 0.2) is 5.17 Å². The van der Waals surface area contributed by atoms with Crippen molar-refractivity contribution in [2.45, 2.75) is 25.8 Å². The van der Waals surface area contributed by atoms with Crippen molar-refractivity contribution in [2.75, 3.05) is 11.1 Å². The van der Waals surface area contributed by atoms with Crippen molar-refractivity contribution in [3.8, 4) is 0 Å². The van der Waals surface area contributed by atoms with Crippen LogP contribution >= 0.6 is 11.8 Å². The molecule has 1 amide bonds. The van der Waals surface area contributed by atoms with Gasteiger partial charge in [-0.2, -0.15) is 0 Å². The Bertz CT molecular complexity index is 956. The fourth-order valence-electron chi connectivity index (χ4n) is 2.86. The van der Waals surface area contributed by atoms with Gasteiger partial charge < -0.3 is 16.0 Å². The zero-order valence-corrected chi connectivity index (χ0v) is 15.2. The Morgan fingerprint density at radius 3 is 2.92 bits per heavy atom. The zero-order chi connectivity index (χ0) is 18.9. The number of hydrogen-bond donors (Lipinski definition) is 3. The lowest BCUT2D eigenvalue weighted by Crippen LogP contribution is -2.30. The molecule has 26 heavy (non-hydrogen) atoms.